The van der Waals surface area contributed by atoms with Crippen molar-refractivity contribution in [1.82, 2.24) is 4.90 Å². The molecule has 5 heteroatoms. The Balaban J connectivity index is 1.80. The maximum absolute atomic E-state index is 13.0. The zero-order valence-electron chi connectivity index (χ0n) is 12.7. The molecule has 1 heterocycles. The Morgan fingerprint density at radius 3 is 2.55 bits per heavy atom. The molecule has 2 aliphatic rings. The van der Waals surface area contributed by atoms with E-state index in [9.17, 15) is 14.7 Å². The Bertz CT molecular complexity index is 577. The first-order chi connectivity index (χ1) is 10.5. The van der Waals surface area contributed by atoms with E-state index in [-0.39, 0.29) is 19.1 Å². The van der Waals surface area contributed by atoms with E-state index >= 15 is 0 Å². The van der Waals surface area contributed by atoms with Gasteiger partial charge in [0.25, 0.3) is 0 Å². The molecule has 1 saturated carbocycles. The van der Waals surface area contributed by atoms with Crippen molar-refractivity contribution in [1.29, 1.82) is 0 Å². The van der Waals surface area contributed by atoms with Crippen LogP contribution >= 0.6 is 0 Å². The quantitative estimate of drug-likeness (QED) is 0.921. The fraction of sp³-hybridized carbons (Fsp3) is 0.529. The van der Waals surface area contributed by atoms with Crippen LogP contribution in [0.3, 0.4) is 0 Å². The highest BCUT2D eigenvalue weighted by molar-refractivity contribution is 5.91. The van der Waals surface area contributed by atoms with Gasteiger partial charge >= 0.3 is 5.97 Å². The van der Waals surface area contributed by atoms with Gasteiger partial charge < -0.3 is 14.7 Å². The summed E-state index contributed by atoms with van der Waals surface area (Å²) in [6.45, 7) is 3.31. The molecule has 2 fully saturated rings. The largest absolute Gasteiger partial charge is 0.481 e. The zero-order chi connectivity index (χ0) is 15.7. The topological polar surface area (TPSA) is 66.8 Å². The molecule has 1 aliphatic carbocycles. The number of carbonyl (C=O) groups is 2. The minimum absolute atomic E-state index is 0.0492. The highest BCUT2D eigenvalue weighted by Crippen LogP contribution is 2.49. The fourth-order valence-corrected chi connectivity index (χ4v) is 3.07. The van der Waals surface area contributed by atoms with E-state index < -0.39 is 17.3 Å². The van der Waals surface area contributed by atoms with Gasteiger partial charge in [-0.25, -0.2) is 0 Å². The molecule has 1 atom stereocenters. The van der Waals surface area contributed by atoms with E-state index in [0.717, 1.165) is 18.4 Å². The van der Waals surface area contributed by atoms with E-state index in [2.05, 4.69) is 0 Å². The lowest BCUT2D eigenvalue weighted by molar-refractivity contribution is -0.144. The molecule has 3 rings (SSSR count). The summed E-state index contributed by atoms with van der Waals surface area (Å²) in [5.41, 5.74) is 1.77. The minimum atomic E-state index is -0.903. The van der Waals surface area contributed by atoms with Crippen molar-refractivity contribution in [3.8, 4) is 0 Å². The molecule has 0 aromatic heterocycles. The second-order valence-electron chi connectivity index (χ2n) is 6.31. The number of aliphatic carboxylic acids is 1. The Hall–Kier alpha value is -1.88. The van der Waals surface area contributed by atoms with Crippen LogP contribution < -0.4 is 0 Å². The van der Waals surface area contributed by atoms with Crippen molar-refractivity contribution in [2.75, 3.05) is 26.3 Å². The number of carboxylic acid groups (broad SMARTS) is 1. The number of hydrogen-bond donors (Lipinski definition) is 1. The van der Waals surface area contributed by atoms with Crippen molar-refractivity contribution in [2.45, 2.75) is 25.2 Å². The second-order valence-corrected chi connectivity index (χ2v) is 6.31. The van der Waals surface area contributed by atoms with Crippen LogP contribution in [0.5, 0.6) is 0 Å². The lowest BCUT2D eigenvalue weighted by atomic mass is 9.93. The first-order valence-electron chi connectivity index (χ1n) is 7.70. The third-order valence-corrected chi connectivity index (χ3v) is 4.67. The third kappa shape index (κ3) is 2.73. The number of carbonyl (C=O) groups excluding carboxylic acids is 1. The molecule has 1 unspecified atom stereocenters. The van der Waals surface area contributed by atoms with Crippen molar-refractivity contribution < 1.29 is 19.4 Å². The number of hydrogen-bond acceptors (Lipinski definition) is 3. The summed E-state index contributed by atoms with van der Waals surface area (Å²) < 4.78 is 5.33. The summed E-state index contributed by atoms with van der Waals surface area (Å²) in [4.78, 5) is 25.9. The Morgan fingerprint density at radius 2 is 1.95 bits per heavy atom. The molecule has 5 nitrogen and oxygen atoms in total. The zero-order valence-corrected chi connectivity index (χ0v) is 12.7. The smallest absolute Gasteiger partial charge is 0.310 e. The van der Waals surface area contributed by atoms with E-state index in [1.807, 2.05) is 31.2 Å². The molecule has 22 heavy (non-hydrogen) atoms. The van der Waals surface area contributed by atoms with E-state index in [1.165, 1.54) is 5.56 Å². The fourth-order valence-electron chi connectivity index (χ4n) is 3.07. The van der Waals surface area contributed by atoms with E-state index in [4.69, 9.17) is 4.74 Å². The second kappa shape index (κ2) is 5.72. The van der Waals surface area contributed by atoms with Crippen molar-refractivity contribution >= 4 is 11.9 Å². The Kier molecular flexibility index (Phi) is 3.91. The molecule has 1 amide bonds. The molecule has 1 aromatic carbocycles. The number of aryl methyl sites for hydroxylation is 1. The molecular weight excluding hydrogens is 282 g/mol. The van der Waals surface area contributed by atoms with Crippen LogP contribution in [0, 0.1) is 12.8 Å². The number of carboxylic acids is 1. The average molecular weight is 303 g/mol. The van der Waals surface area contributed by atoms with Crippen LogP contribution in [-0.2, 0) is 19.7 Å². The molecule has 0 radical (unpaired) electrons. The van der Waals surface area contributed by atoms with Gasteiger partial charge in [-0.2, -0.15) is 0 Å². The summed E-state index contributed by atoms with van der Waals surface area (Å²) >= 11 is 0. The van der Waals surface area contributed by atoms with E-state index in [0.29, 0.717) is 13.2 Å². The van der Waals surface area contributed by atoms with Gasteiger partial charge in [0.1, 0.15) is 0 Å². The molecule has 1 aliphatic heterocycles. The summed E-state index contributed by atoms with van der Waals surface area (Å²) in [7, 11) is 0. The summed E-state index contributed by atoms with van der Waals surface area (Å²) in [6, 6.07) is 8.08. The monoisotopic (exact) mass is 303 g/mol. The molecule has 0 bridgehead atoms. The average Bonchev–Trinajstić information content (AvgIpc) is 3.31. The molecular formula is C17H21NO4. The normalized spacial score (nSPS) is 23.7. The Morgan fingerprint density at radius 1 is 1.27 bits per heavy atom. The van der Waals surface area contributed by atoms with Crippen LogP contribution in [0.1, 0.15) is 24.0 Å². The van der Waals surface area contributed by atoms with Gasteiger partial charge in [-0.05, 0) is 25.3 Å². The first-order valence-corrected chi connectivity index (χ1v) is 7.70. The molecule has 1 saturated heterocycles. The summed E-state index contributed by atoms with van der Waals surface area (Å²) in [5.74, 6) is -1.49. The molecule has 1 aromatic rings. The van der Waals surface area contributed by atoms with Gasteiger partial charge in [0.15, 0.2) is 0 Å². The van der Waals surface area contributed by atoms with Crippen LogP contribution in [0.2, 0.25) is 0 Å². The summed E-state index contributed by atoms with van der Waals surface area (Å²) in [5, 5.41) is 9.21. The number of amides is 1. The van der Waals surface area contributed by atoms with Gasteiger partial charge in [-0.1, -0.05) is 29.8 Å². The predicted molar refractivity (Wildman–Crippen MR) is 80.6 cm³/mol. The van der Waals surface area contributed by atoms with Gasteiger partial charge in [-0.15, -0.1) is 0 Å². The lowest BCUT2D eigenvalue weighted by Gasteiger charge is -2.27. The van der Waals surface area contributed by atoms with Crippen LogP contribution in [-0.4, -0.2) is 48.2 Å². The SMILES string of the molecule is Cc1ccc(C2(C(=O)N3CCOCC(C(=O)O)C3)CC2)cc1. The van der Waals surface area contributed by atoms with Gasteiger partial charge in [0.05, 0.1) is 24.5 Å². The first kappa shape index (κ1) is 15.0. The Labute approximate surface area is 129 Å². The third-order valence-electron chi connectivity index (χ3n) is 4.67. The number of benzene rings is 1. The number of rotatable bonds is 3. The standard InChI is InChI=1S/C17H21NO4/c1-12-2-4-14(5-3-12)17(6-7-17)16(21)18-8-9-22-11-13(10-18)15(19)20/h2-5,13H,6-11H2,1H3,(H,19,20). The minimum Gasteiger partial charge on any atom is -0.481 e. The number of ether oxygens (including phenoxy) is 1. The predicted octanol–water partition coefficient (Wildman–Crippen LogP) is 1.59. The highest BCUT2D eigenvalue weighted by atomic mass is 16.5. The van der Waals surface area contributed by atoms with Gasteiger partial charge in [0, 0.05) is 13.1 Å². The van der Waals surface area contributed by atoms with Crippen LogP contribution in [0.25, 0.3) is 0 Å². The number of nitrogens with zero attached hydrogens (tertiary/aromatic N) is 1. The van der Waals surface area contributed by atoms with Crippen molar-refractivity contribution in [2.24, 2.45) is 5.92 Å². The van der Waals surface area contributed by atoms with Gasteiger partial charge in [-0.3, -0.25) is 9.59 Å². The van der Waals surface area contributed by atoms with Gasteiger partial charge in [0.2, 0.25) is 5.91 Å². The molecule has 0 spiro atoms. The molecule has 1 N–H and O–H groups in total. The lowest BCUT2D eigenvalue weighted by Crippen LogP contribution is -2.43. The maximum atomic E-state index is 13.0. The van der Waals surface area contributed by atoms with Crippen LogP contribution in [0.4, 0.5) is 0 Å². The van der Waals surface area contributed by atoms with E-state index in [1.54, 1.807) is 4.90 Å². The highest BCUT2D eigenvalue weighted by Gasteiger charge is 2.53. The van der Waals surface area contributed by atoms with Crippen LogP contribution in [0.15, 0.2) is 24.3 Å². The maximum Gasteiger partial charge on any atom is 0.310 e. The molecule has 118 valence electrons. The van der Waals surface area contributed by atoms with Crippen molar-refractivity contribution in [3.05, 3.63) is 35.4 Å². The van der Waals surface area contributed by atoms with Crippen molar-refractivity contribution in [3.63, 3.8) is 0 Å². The summed E-state index contributed by atoms with van der Waals surface area (Å²) in [6.07, 6.45) is 1.67.